The highest BCUT2D eigenvalue weighted by Crippen LogP contribution is 2.30. The van der Waals surface area contributed by atoms with E-state index in [-0.39, 0.29) is 11.1 Å². The van der Waals surface area contributed by atoms with Crippen molar-refractivity contribution in [2.24, 2.45) is 0 Å². The van der Waals surface area contributed by atoms with Crippen LogP contribution in [0.3, 0.4) is 0 Å². The van der Waals surface area contributed by atoms with Gasteiger partial charge < -0.3 is 9.84 Å². The Morgan fingerprint density at radius 2 is 1.97 bits per heavy atom. The summed E-state index contributed by atoms with van der Waals surface area (Å²) < 4.78 is 56.1. The molecule has 0 bridgehead atoms. The van der Waals surface area contributed by atoms with Crippen molar-refractivity contribution in [3.05, 3.63) is 35.5 Å². The van der Waals surface area contributed by atoms with Crippen molar-refractivity contribution in [3.8, 4) is 11.4 Å². The Hall–Kier alpha value is -2.49. The van der Waals surface area contributed by atoms with Crippen LogP contribution in [0.25, 0.3) is 11.4 Å². The van der Waals surface area contributed by atoms with Crippen LogP contribution in [0.2, 0.25) is 0 Å². The highest BCUT2D eigenvalue weighted by atomic mass is 19.4. The van der Waals surface area contributed by atoms with E-state index in [4.69, 9.17) is 0 Å². The van der Waals surface area contributed by atoms with E-state index in [0.717, 1.165) is 25.0 Å². The molecular formula is C19H22F4N4O2. The molecule has 0 aliphatic carbocycles. The number of rotatable bonds is 5. The molecule has 10 heteroatoms. The van der Waals surface area contributed by atoms with Gasteiger partial charge in [0.2, 0.25) is 5.82 Å². The number of hydrogen-bond donors (Lipinski definition) is 1. The Labute approximate surface area is 165 Å². The van der Waals surface area contributed by atoms with Crippen molar-refractivity contribution in [1.82, 2.24) is 20.4 Å². The number of piperidine rings is 1. The predicted molar refractivity (Wildman–Crippen MR) is 96.5 cm³/mol. The van der Waals surface area contributed by atoms with Crippen LogP contribution in [0.5, 0.6) is 0 Å². The van der Waals surface area contributed by atoms with Gasteiger partial charge in [0.05, 0.1) is 5.56 Å². The van der Waals surface area contributed by atoms with Gasteiger partial charge in [-0.25, -0.2) is 4.39 Å². The monoisotopic (exact) mass is 414 g/mol. The maximum atomic E-state index is 14.3. The number of carbonyl (C=O) groups excluding carboxylic acids is 1. The Morgan fingerprint density at radius 1 is 1.28 bits per heavy atom. The van der Waals surface area contributed by atoms with Crippen molar-refractivity contribution in [2.75, 3.05) is 13.1 Å². The summed E-state index contributed by atoms with van der Waals surface area (Å²) in [5.74, 6) is -3.47. The second-order valence-electron chi connectivity index (χ2n) is 7.24. The summed E-state index contributed by atoms with van der Waals surface area (Å²) in [7, 11) is 0. The fourth-order valence-corrected chi connectivity index (χ4v) is 3.60. The van der Waals surface area contributed by atoms with Crippen molar-refractivity contribution >= 4 is 5.91 Å². The fraction of sp³-hybridized carbons (Fsp3) is 0.526. The van der Waals surface area contributed by atoms with E-state index in [0.29, 0.717) is 25.2 Å². The number of carbonyl (C=O) groups is 1. The van der Waals surface area contributed by atoms with Crippen LogP contribution in [0, 0.1) is 5.82 Å². The molecular weight excluding hydrogens is 392 g/mol. The summed E-state index contributed by atoms with van der Waals surface area (Å²) in [6, 6.07) is 4.31. The molecule has 3 rings (SSSR count). The maximum absolute atomic E-state index is 14.3. The number of nitrogens with zero attached hydrogens (tertiary/aromatic N) is 3. The molecule has 2 unspecified atom stereocenters. The van der Waals surface area contributed by atoms with Crippen molar-refractivity contribution in [2.45, 2.75) is 51.4 Å². The molecule has 2 atom stereocenters. The largest absolute Gasteiger partial charge is 0.471 e. The van der Waals surface area contributed by atoms with Crippen LogP contribution in [0.1, 0.15) is 49.4 Å². The normalized spacial score (nSPS) is 20.6. The van der Waals surface area contributed by atoms with E-state index in [9.17, 15) is 22.4 Å². The minimum Gasteiger partial charge on any atom is -0.351 e. The summed E-state index contributed by atoms with van der Waals surface area (Å²) in [6.07, 6.45) is -1.37. The molecule has 1 aromatic carbocycles. The lowest BCUT2D eigenvalue weighted by Gasteiger charge is -2.39. The zero-order chi connectivity index (χ0) is 21.2. The van der Waals surface area contributed by atoms with E-state index in [1.165, 1.54) is 12.5 Å². The van der Waals surface area contributed by atoms with E-state index >= 15 is 0 Å². The van der Waals surface area contributed by atoms with Crippen LogP contribution in [0.4, 0.5) is 17.6 Å². The van der Waals surface area contributed by atoms with Crippen molar-refractivity contribution in [1.29, 1.82) is 0 Å². The Balaban J connectivity index is 1.62. The number of likely N-dealkylation sites (tertiary alicyclic amines) is 1. The van der Waals surface area contributed by atoms with Crippen molar-refractivity contribution < 1.29 is 26.9 Å². The number of hydrogen-bond acceptors (Lipinski definition) is 5. The van der Waals surface area contributed by atoms with Gasteiger partial charge >= 0.3 is 12.1 Å². The van der Waals surface area contributed by atoms with Gasteiger partial charge in [0.1, 0.15) is 5.82 Å². The molecule has 1 aromatic heterocycles. The summed E-state index contributed by atoms with van der Waals surface area (Å²) in [5.41, 5.74) is -0.220. The predicted octanol–water partition coefficient (Wildman–Crippen LogP) is 3.89. The first kappa shape index (κ1) is 21.2. The molecule has 1 N–H and O–H groups in total. The third-order valence-electron chi connectivity index (χ3n) is 5.17. The molecule has 1 amide bonds. The van der Waals surface area contributed by atoms with Gasteiger partial charge in [-0.1, -0.05) is 11.6 Å². The molecule has 2 heterocycles. The third kappa shape index (κ3) is 4.92. The third-order valence-corrected chi connectivity index (χ3v) is 5.17. The smallest absolute Gasteiger partial charge is 0.351 e. The van der Waals surface area contributed by atoms with Gasteiger partial charge in [0.15, 0.2) is 0 Å². The summed E-state index contributed by atoms with van der Waals surface area (Å²) in [4.78, 5) is 17.8. The highest BCUT2D eigenvalue weighted by molar-refractivity contribution is 5.94. The topological polar surface area (TPSA) is 71.3 Å². The van der Waals surface area contributed by atoms with Gasteiger partial charge in [-0.2, -0.15) is 18.2 Å². The van der Waals surface area contributed by atoms with E-state index < -0.39 is 29.6 Å². The standard InChI is InChI=1S/C19H22F4N4O2/c1-11-4-3-5-12(2)27(11)9-8-24-17(28)13-6-7-14(15(20)10-13)16-25-18(29-26-16)19(21,22)23/h6-7,10-12H,3-5,8-9H2,1-2H3,(H,24,28). The number of aromatic nitrogens is 2. The number of benzene rings is 1. The zero-order valence-electron chi connectivity index (χ0n) is 16.1. The van der Waals surface area contributed by atoms with Gasteiger partial charge in [-0.3, -0.25) is 9.69 Å². The van der Waals surface area contributed by atoms with E-state index in [2.05, 4.69) is 38.7 Å². The van der Waals surface area contributed by atoms with E-state index in [1.807, 2.05) is 0 Å². The average Bonchev–Trinajstić information content (AvgIpc) is 3.14. The lowest BCUT2D eigenvalue weighted by molar-refractivity contribution is -0.159. The van der Waals surface area contributed by atoms with Gasteiger partial charge in [0, 0.05) is 30.7 Å². The summed E-state index contributed by atoms with van der Waals surface area (Å²) >= 11 is 0. The fourth-order valence-electron chi connectivity index (χ4n) is 3.60. The molecule has 0 saturated carbocycles. The lowest BCUT2D eigenvalue weighted by Crippen LogP contribution is -2.47. The van der Waals surface area contributed by atoms with Crippen LogP contribution >= 0.6 is 0 Å². The van der Waals surface area contributed by atoms with Gasteiger partial charge in [-0.05, 0) is 44.9 Å². The molecule has 29 heavy (non-hydrogen) atoms. The maximum Gasteiger partial charge on any atom is 0.471 e. The van der Waals surface area contributed by atoms with Crippen LogP contribution in [0.15, 0.2) is 22.7 Å². The second-order valence-corrected chi connectivity index (χ2v) is 7.24. The van der Waals surface area contributed by atoms with Crippen molar-refractivity contribution in [3.63, 3.8) is 0 Å². The van der Waals surface area contributed by atoms with Crippen LogP contribution in [-0.2, 0) is 6.18 Å². The molecule has 1 aliphatic heterocycles. The number of nitrogens with one attached hydrogen (secondary N) is 1. The molecule has 2 aromatic rings. The van der Waals surface area contributed by atoms with Crippen LogP contribution < -0.4 is 5.32 Å². The Bertz CT molecular complexity index is 858. The molecule has 0 spiro atoms. The SMILES string of the molecule is CC1CCCC(C)N1CCNC(=O)c1ccc(-c2noc(C(F)(F)F)n2)c(F)c1. The van der Waals surface area contributed by atoms with E-state index in [1.54, 1.807) is 0 Å². The number of alkyl halides is 3. The molecule has 6 nitrogen and oxygen atoms in total. The first-order valence-electron chi connectivity index (χ1n) is 9.41. The molecule has 1 aliphatic rings. The second kappa shape index (κ2) is 8.48. The molecule has 158 valence electrons. The number of halogens is 4. The first-order chi connectivity index (χ1) is 13.7. The van der Waals surface area contributed by atoms with Gasteiger partial charge in [0.25, 0.3) is 5.91 Å². The van der Waals surface area contributed by atoms with Crippen LogP contribution in [-0.4, -0.2) is 46.1 Å². The van der Waals surface area contributed by atoms with Gasteiger partial charge in [-0.15, -0.1) is 0 Å². The number of amides is 1. The zero-order valence-corrected chi connectivity index (χ0v) is 16.1. The minimum absolute atomic E-state index is 0.0607. The highest BCUT2D eigenvalue weighted by Gasteiger charge is 2.38. The first-order valence-corrected chi connectivity index (χ1v) is 9.41. The minimum atomic E-state index is -4.81. The molecule has 1 saturated heterocycles. The molecule has 1 fully saturated rings. The molecule has 0 radical (unpaired) electrons. The Kier molecular flexibility index (Phi) is 6.21. The lowest BCUT2D eigenvalue weighted by atomic mass is 9.98. The summed E-state index contributed by atoms with van der Waals surface area (Å²) in [6.45, 7) is 5.43. The summed E-state index contributed by atoms with van der Waals surface area (Å²) in [5, 5.41) is 5.90. The Morgan fingerprint density at radius 3 is 2.55 bits per heavy atom. The quantitative estimate of drug-likeness (QED) is 0.752. The average molecular weight is 414 g/mol.